The molecule has 3 rings (SSSR count). The van der Waals surface area contributed by atoms with E-state index in [0.29, 0.717) is 5.75 Å². The van der Waals surface area contributed by atoms with Gasteiger partial charge >= 0.3 is 0 Å². The first-order valence-electron chi connectivity index (χ1n) is 9.52. The number of carbonyl (C=O) groups is 1. The number of carbonyl (C=O) groups excluding carboxylic acids is 1. The summed E-state index contributed by atoms with van der Waals surface area (Å²) < 4.78 is 31.8. The second kappa shape index (κ2) is 9.96. The fraction of sp³-hybridized carbons (Fsp3) is 0.174. The van der Waals surface area contributed by atoms with E-state index in [4.69, 9.17) is 16.3 Å². The molecule has 0 saturated carbocycles. The van der Waals surface area contributed by atoms with Gasteiger partial charge in [0, 0.05) is 7.05 Å². The van der Waals surface area contributed by atoms with Crippen molar-refractivity contribution in [3.63, 3.8) is 0 Å². The average molecular weight is 459 g/mol. The van der Waals surface area contributed by atoms with E-state index in [2.05, 4.69) is 5.32 Å². The van der Waals surface area contributed by atoms with Crippen molar-refractivity contribution >= 4 is 27.5 Å². The van der Waals surface area contributed by atoms with Crippen LogP contribution in [0.3, 0.4) is 0 Å². The molecule has 162 valence electrons. The van der Waals surface area contributed by atoms with Gasteiger partial charge in [0.05, 0.1) is 29.6 Å². The molecule has 0 spiro atoms. The van der Waals surface area contributed by atoms with Crippen LogP contribution in [-0.4, -0.2) is 39.3 Å². The molecule has 0 heterocycles. The summed E-state index contributed by atoms with van der Waals surface area (Å²) in [4.78, 5) is 12.8. The first-order valence-corrected chi connectivity index (χ1v) is 11.3. The number of rotatable bonds is 8. The van der Waals surface area contributed by atoms with E-state index in [0.717, 1.165) is 15.4 Å². The quantitative estimate of drug-likeness (QED) is 0.556. The van der Waals surface area contributed by atoms with E-state index in [1.165, 1.54) is 32.4 Å². The second-order valence-corrected chi connectivity index (χ2v) is 9.33. The van der Waals surface area contributed by atoms with Crippen molar-refractivity contribution in [3.8, 4) is 5.75 Å². The minimum atomic E-state index is -3.91. The van der Waals surface area contributed by atoms with E-state index in [1.54, 1.807) is 0 Å². The van der Waals surface area contributed by atoms with Crippen molar-refractivity contribution in [2.75, 3.05) is 20.7 Å². The summed E-state index contributed by atoms with van der Waals surface area (Å²) in [5, 5.41) is 3.12. The predicted octanol–water partition coefficient (Wildman–Crippen LogP) is 3.87. The highest BCUT2D eigenvalue weighted by atomic mass is 35.5. The van der Waals surface area contributed by atoms with Crippen molar-refractivity contribution < 1.29 is 17.9 Å². The van der Waals surface area contributed by atoms with Crippen LogP contribution >= 0.6 is 11.6 Å². The van der Waals surface area contributed by atoms with Crippen LogP contribution in [0.1, 0.15) is 17.2 Å². The molecule has 1 amide bonds. The number of halogens is 1. The summed E-state index contributed by atoms with van der Waals surface area (Å²) in [5.74, 6) is -0.0574. The number of methoxy groups -OCH3 is 1. The third kappa shape index (κ3) is 5.44. The Hall–Kier alpha value is -2.87. The van der Waals surface area contributed by atoms with Gasteiger partial charge in [-0.3, -0.25) is 4.79 Å². The Morgan fingerprint density at radius 3 is 2.03 bits per heavy atom. The summed E-state index contributed by atoms with van der Waals surface area (Å²) in [5.41, 5.74) is 1.80. The van der Waals surface area contributed by atoms with Crippen LogP contribution in [-0.2, 0) is 14.8 Å². The van der Waals surface area contributed by atoms with Crippen LogP contribution in [0.2, 0.25) is 5.02 Å². The van der Waals surface area contributed by atoms with Crippen LogP contribution in [0.25, 0.3) is 0 Å². The SMILES string of the molecule is COc1ccc(S(=O)(=O)N(C)CC(=O)NC(c2ccccc2)c2ccccc2)cc1Cl. The molecule has 1 N–H and O–H groups in total. The molecule has 8 heteroatoms. The fourth-order valence-corrected chi connectivity index (χ4v) is 4.61. The topological polar surface area (TPSA) is 75.7 Å². The molecule has 0 aromatic heterocycles. The molecule has 0 bridgehead atoms. The summed E-state index contributed by atoms with van der Waals surface area (Å²) >= 11 is 6.06. The van der Waals surface area contributed by atoms with Crippen LogP contribution in [0, 0.1) is 0 Å². The number of sulfonamides is 1. The van der Waals surface area contributed by atoms with Crippen molar-refractivity contribution in [1.29, 1.82) is 0 Å². The number of likely N-dealkylation sites (N-methyl/N-ethyl adjacent to an activating group) is 1. The van der Waals surface area contributed by atoms with Gasteiger partial charge in [0.15, 0.2) is 0 Å². The lowest BCUT2D eigenvalue weighted by atomic mass is 9.99. The molecule has 0 aliphatic rings. The second-order valence-electron chi connectivity index (χ2n) is 6.88. The largest absolute Gasteiger partial charge is 0.495 e. The predicted molar refractivity (Wildman–Crippen MR) is 121 cm³/mol. The lowest BCUT2D eigenvalue weighted by molar-refractivity contribution is -0.121. The number of benzene rings is 3. The van der Waals surface area contributed by atoms with Crippen molar-refractivity contribution in [1.82, 2.24) is 9.62 Å². The van der Waals surface area contributed by atoms with Crippen LogP contribution in [0.5, 0.6) is 5.75 Å². The van der Waals surface area contributed by atoms with Gasteiger partial charge in [0.25, 0.3) is 0 Å². The van der Waals surface area contributed by atoms with Crippen LogP contribution in [0.4, 0.5) is 0 Å². The van der Waals surface area contributed by atoms with Gasteiger partial charge in [-0.2, -0.15) is 4.31 Å². The standard InChI is InChI=1S/C23H23ClN2O4S/c1-26(31(28,29)19-13-14-21(30-2)20(24)15-19)16-22(27)25-23(17-9-5-3-6-10-17)18-11-7-4-8-12-18/h3-15,23H,16H2,1-2H3,(H,25,27). The molecule has 0 unspecified atom stereocenters. The first-order chi connectivity index (χ1) is 14.8. The smallest absolute Gasteiger partial charge is 0.243 e. The molecule has 0 aliphatic heterocycles. The summed E-state index contributed by atoms with van der Waals surface area (Å²) in [6.45, 7) is -0.345. The Bertz CT molecular complexity index is 1100. The van der Waals surface area contributed by atoms with Crippen molar-refractivity contribution in [3.05, 3.63) is 95.0 Å². The van der Waals surface area contributed by atoms with Gasteiger partial charge in [-0.05, 0) is 29.3 Å². The Morgan fingerprint density at radius 2 is 1.55 bits per heavy atom. The number of amides is 1. The zero-order valence-corrected chi connectivity index (χ0v) is 18.7. The molecular weight excluding hydrogens is 436 g/mol. The van der Waals surface area contributed by atoms with Crippen molar-refractivity contribution in [2.45, 2.75) is 10.9 Å². The van der Waals surface area contributed by atoms with Gasteiger partial charge < -0.3 is 10.1 Å². The zero-order chi connectivity index (χ0) is 22.4. The normalized spacial score (nSPS) is 11.5. The highest BCUT2D eigenvalue weighted by Gasteiger charge is 2.25. The van der Waals surface area contributed by atoms with Gasteiger partial charge in [-0.25, -0.2) is 8.42 Å². The highest BCUT2D eigenvalue weighted by Crippen LogP contribution is 2.28. The molecule has 3 aromatic carbocycles. The van der Waals surface area contributed by atoms with E-state index >= 15 is 0 Å². The zero-order valence-electron chi connectivity index (χ0n) is 17.2. The van der Waals surface area contributed by atoms with Crippen molar-refractivity contribution in [2.24, 2.45) is 0 Å². The maximum atomic E-state index is 12.9. The van der Waals surface area contributed by atoms with Gasteiger partial charge in [-0.1, -0.05) is 72.3 Å². The van der Waals surface area contributed by atoms with Crippen LogP contribution < -0.4 is 10.1 Å². The summed E-state index contributed by atoms with van der Waals surface area (Å²) in [6.07, 6.45) is 0. The Labute approximate surface area is 187 Å². The van der Waals surface area contributed by atoms with E-state index < -0.39 is 22.0 Å². The molecule has 0 radical (unpaired) electrons. The Balaban J connectivity index is 1.78. The molecular formula is C23H23ClN2O4S. The molecule has 0 saturated heterocycles. The first kappa shape index (κ1) is 22.8. The molecule has 3 aromatic rings. The Morgan fingerprint density at radius 1 is 1.00 bits per heavy atom. The number of hydrogen-bond donors (Lipinski definition) is 1. The third-order valence-electron chi connectivity index (χ3n) is 4.77. The number of hydrogen-bond acceptors (Lipinski definition) is 4. The van der Waals surface area contributed by atoms with Gasteiger partial charge in [0.1, 0.15) is 5.75 Å². The molecule has 0 atom stereocenters. The maximum Gasteiger partial charge on any atom is 0.243 e. The third-order valence-corrected chi connectivity index (χ3v) is 6.86. The molecule has 0 aliphatic carbocycles. The number of nitrogens with zero attached hydrogens (tertiary/aromatic N) is 1. The Kier molecular flexibility index (Phi) is 7.33. The minimum Gasteiger partial charge on any atom is -0.495 e. The maximum absolute atomic E-state index is 12.9. The van der Waals surface area contributed by atoms with E-state index in [9.17, 15) is 13.2 Å². The van der Waals surface area contributed by atoms with Gasteiger partial charge in [-0.15, -0.1) is 0 Å². The lowest BCUT2D eigenvalue weighted by Gasteiger charge is -2.22. The minimum absolute atomic E-state index is 0.0173. The van der Waals surface area contributed by atoms with E-state index in [1.807, 2.05) is 60.7 Å². The lowest BCUT2D eigenvalue weighted by Crippen LogP contribution is -2.40. The van der Waals surface area contributed by atoms with E-state index in [-0.39, 0.29) is 16.5 Å². The van der Waals surface area contributed by atoms with Crippen LogP contribution in [0.15, 0.2) is 83.8 Å². The fourth-order valence-electron chi connectivity index (χ4n) is 3.13. The monoisotopic (exact) mass is 458 g/mol. The average Bonchev–Trinajstić information content (AvgIpc) is 2.78. The molecule has 0 fully saturated rings. The number of nitrogens with one attached hydrogen (secondary N) is 1. The summed E-state index contributed by atoms with van der Waals surface area (Å²) in [6, 6.07) is 22.8. The molecule has 6 nitrogen and oxygen atoms in total. The molecule has 31 heavy (non-hydrogen) atoms. The summed E-state index contributed by atoms with van der Waals surface area (Å²) in [7, 11) is -1.11. The van der Waals surface area contributed by atoms with Gasteiger partial charge in [0.2, 0.25) is 15.9 Å². The highest BCUT2D eigenvalue weighted by molar-refractivity contribution is 7.89. The number of ether oxygens (including phenoxy) is 1.